The van der Waals surface area contributed by atoms with E-state index in [1.165, 1.54) is 44.9 Å². The molecule has 0 bridgehead atoms. The smallest absolute Gasteiger partial charge is 0.306 e. The number of allylic oxidation sites excluding steroid dienone is 8. The van der Waals surface area contributed by atoms with Crippen LogP contribution in [0.25, 0.3) is 0 Å². The summed E-state index contributed by atoms with van der Waals surface area (Å²) in [6.07, 6.45) is 27.4. The molecule has 4 N–H and O–H groups in total. The number of ether oxygens (including phenoxy) is 4. The van der Waals surface area contributed by atoms with E-state index in [4.69, 9.17) is 18.9 Å². The number of hydrogen-bond acceptors (Lipinski definition) is 11. The van der Waals surface area contributed by atoms with Crippen LogP contribution < -0.4 is 0 Å². The van der Waals surface area contributed by atoms with E-state index in [1.54, 1.807) is 0 Å². The molecule has 1 fully saturated rings. The third kappa shape index (κ3) is 27.8. The van der Waals surface area contributed by atoms with E-state index in [1.807, 2.05) is 0 Å². The molecule has 318 valence electrons. The van der Waals surface area contributed by atoms with E-state index in [-0.39, 0.29) is 19.4 Å². The van der Waals surface area contributed by atoms with Crippen molar-refractivity contribution in [2.24, 2.45) is 0 Å². The van der Waals surface area contributed by atoms with E-state index in [9.17, 15) is 37.9 Å². The Morgan fingerprint density at radius 3 is 1.69 bits per heavy atom. The molecule has 13 heteroatoms. The lowest BCUT2D eigenvalue weighted by Crippen LogP contribution is -2.60. The Labute approximate surface area is 331 Å². The van der Waals surface area contributed by atoms with Gasteiger partial charge in [-0.05, 0) is 51.4 Å². The van der Waals surface area contributed by atoms with Crippen molar-refractivity contribution in [3.63, 3.8) is 0 Å². The zero-order valence-electron chi connectivity index (χ0n) is 33.5. The Hall–Kier alpha value is -2.39. The molecule has 0 radical (unpaired) electrons. The number of aliphatic hydroxyl groups is 3. The van der Waals surface area contributed by atoms with Gasteiger partial charge < -0.3 is 34.3 Å². The van der Waals surface area contributed by atoms with Crippen LogP contribution in [0.5, 0.6) is 0 Å². The molecule has 6 atom stereocenters. The highest BCUT2D eigenvalue weighted by Gasteiger charge is 2.46. The minimum atomic E-state index is -4.60. The predicted octanol–water partition coefficient (Wildman–Crippen LogP) is 7.61. The summed E-state index contributed by atoms with van der Waals surface area (Å²) < 4.78 is 53.8. The lowest BCUT2D eigenvalue weighted by molar-refractivity contribution is -0.297. The molecule has 0 aliphatic carbocycles. The normalized spacial score (nSPS) is 21.3. The first-order valence-corrected chi connectivity index (χ1v) is 22.3. The van der Waals surface area contributed by atoms with Crippen molar-refractivity contribution in [2.75, 3.05) is 19.0 Å². The Balaban J connectivity index is 2.52. The number of hydrogen-bond donors (Lipinski definition) is 4. The molecule has 0 amide bonds. The number of esters is 2. The molecule has 2 unspecified atom stereocenters. The zero-order valence-corrected chi connectivity index (χ0v) is 34.3. The lowest BCUT2D eigenvalue weighted by atomic mass is 10.00. The van der Waals surface area contributed by atoms with Crippen molar-refractivity contribution >= 4 is 22.1 Å². The van der Waals surface area contributed by atoms with Crippen molar-refractivity contribution in [1.29, 1.82) is 0 Å². The number of carbonyl (C=O) groups is 2. The predicted molar refractivity (Wildman–Crippen MR) is 215 cm³/mol. The summed E-state index contributed by atoms with van der Waals surface area (Å²) >= 11 is 0. The Bertz CT molecular complexity index is 1210. The van der Waals surface area contributed by atoms with Gasteiger partial charge in [0.1, 0.15) is 36.8 Å². The standard InChI is InChI=1S/C42H72O12S/c1-3-5-7-9-11-13-15-16-17-18-19-20-21-23-25-27-29-31-38(44)53-35(32-51-37(43)30-28-26-24-22-14-12-10-8-6-4-2)33-52-42-41(47)40(46)39(45)36(54-42)34-55(48,49)50/h7,9,13,15,17-18,20-21,35-36,39-42,45-47H,3-6,8,10-12,14,16,19,22-34H2,1-2H3,(H,48,49,50)/b9-7+,15-13+,18-17+,21-20+/t35-,36-,39-,40?,41?,42+/m1/s1. The van der Waals surface area contributed by atoms with Crippen LogP contribution in [-0.4, -0.2) is 96.0 Å². The Kier molecular flexibility index (Phi) is 30.1. The van der Waals surface area contributed by atoms with Gasteiger partial charge in [0.05, 0.1) is 6.61 Å². The molecule has 0 aromatic carbocycles. The molecule has 12 nitrogen and oxygen atoms in total. The van der Waals surface area contributed by atoms with Crippen LogP contribution in [0, 0.1) is 0 Å². The second kappa shape index (κ2) is 32.7. The largest absolute Gasteiger partial charge is 0.462 e. The monoisotopic (exact) mass is 800 g/mol. The fraction of sp³-hybridized carbons (Fsp3) is 0.762. The summed E-state index contributed by atoms with van der Waals surface area (Å²) in [4.78, 5) is 25.3. The summed E-state index contributed by atoms with van der Waals surface area (Å²) in [7, 11) is -4.60. The number of rotatable bonds is 33. The van der Waals surface area contributed by atoms with Crippen molar-refractivity contribution < 1.29 is 56.8 Å². The first-order valence-electron chi connectivity index (χ1n) is 20.7. The maximum absolute atomic E-state index is 12.8. The van der Waals surface area contributed by atoms with Gasteiger partial charge in [-0.3, -0.25) is 14.1 Å². The molecule has 0 saturated carbocycles. The molecule has 0 spiro atoms. The average molecular weight is 801 g/mol. The Morgan fingerprint density at radius 1 is 0.618 bits per heavy atom. The Morgan fingerprint density at radius 2 is 1.13 bits per heavy atom. The molecular weight excluding hydrogens is 729 g/mol. The fourth-order valence-corrected chi connectivity index (χ4v) is 6.59. The van der Waals surface area contributed by atoms with E-state index in [0.717, 1.165) is 64.2 Å². The van der Waals surface area contributed by atoms with Crippen LogP contribution in [0.15, 0.2) is 48.6 Å². The minimum Gasteiger partial charge on any atom is -0.462 e. The quantitative estimate of drug-likeness (QED) is 0.0221. The van der Waals surface area contributed by atoms with E-state index >= 15 is 0 Å². The maximum atomic E-state index is 12.8. The van der Waals surface area contributed by atoms with Gasteiger partial charge >= 0.3 is 11.9 Å². The van der Waals surface area contributed by atoms with Crippen LogP contribution in [0.4, 0.5) is 0 Å². The highest BCUT2D eigenvalue weighted by atomic mass is 32.2. The second-order valence-corrected chi connectivity index (χ2v) is 15.8. The second-order valence-electron chi connectivity index (χ2n) is 14.3. The van der Waals surface area contributed by atoms with Crippen LogP contribution in [0.1, 0.15) is 149 Å². The van der Waals surface area contributed by atoms with Gasteiger partial charge in [0.15, 0.2) is 12.4 Å². The first kappa shape index (κ1) is 50.6. The third-order valence-electron chi connectivity index (χ3n) is 9.14. The SMILES string of the molecule is CCC/C=C/C/C=C/C/C=C/C/C=C/CCCCCC(=O)O[C@H](COC(=O)CCCCCCCCCCCC)CO[C@H]1O[C@H](CS(=O)(=O)O)[C@@H](O)C(O)C1O. The van der Waals surface area contributed by atoms with E-state index < -0.39 is 71.2 Å². The third-order valence-corrected chi connectivity index (χ3v) is 9.89. The first-order chi connectivity index (χ1) is 26.5. The van der Waals surface area contributed by atoms with Gasteiger partial charge in [0.25, 0.3) is 10.1 Å². The van der Waals surface area contributed by atoms with Crippen molar-refractivity contribution in [1.82, 2.24) is 0 Å². The summed E-state index contributed by atoms with van der Waals surface area (Å²) in [5.74, 6) is -2.03. The molecule has 1 saturated heterocycles. The lowest BCUT2D eigenvalue weighted by Gasteiger charge is -2.40. The molecular formula is C42H72O12S. The molecule has 55 heavy (non-hydrogen) atoms. The van der Waals surface area contributed by atoms with Gasteiger partial charge in [-0.2, -0.15) is 8.42 Å². The summed E-state index contributed by atoms with van der Waals surface area (Å²) in [6.45, 7) is 3.62. The maximum Gasteiger partial charge on any atom is 0.306 e. The van der Waals surface area contributed by atoms with Crippen molar-refractivity contribution in [3.8, 4) is 0 Å². The van der Waals surface area contributed by atoms with E-state index in [0.29, 0.717) is 12.8 Å². The zero-order chi connectivity index (χ0) is 40.6. The number of unbranched alkanes of at least 4 members (excludes halogenated alkanes) is 13. The molecule has 1 heterocycles. The van der Waals surface area contributed by atoms with Crippen LogP contribution in [-0.2, 0) is 38.7 Å². The van der Waals surface area contributed by atoms with Crippen molar-refractivity contribution in [2.45, 2.75) is 185 Å². The fourth-order valence-electron chi connectivity index (χ4n) is 5.90. The van der Waals surface area contributed by atoms with Crippen molar-refractivity contribution in [3.05, 3.63) is 48.6 Å². The molecule has 0 aromatic heterocycles. The van der Waals surface area contributed by atoms with Gasteiger partial charge in [-0.1, -0.05) is 133 Å². The summed E-state index contributed by atoms with van der Waals surface area (Å²) in [5.41, 5.74) is 0. The number of carbonyl (C=O) groups excluding carboxylic acids is 2. The van der Waals surface area contributed by atoms with Gasteiger partial charge in [0.2, 0.25) is 0 Å². The minimum absolute atomic E-state index is 0.126. The summed E-state index contributed by atoms with van der Waals surface area (Å²) in [5, 5.41) is 30.8. The van der Waals surface area contributed by atoms with Gasteiger partial charge in [-0.15, -0.1) is 0 Å². The topological polar surface area (TPSA) is 186 Å². The highest BCUT2D eigenvalue weighted by molar-refractivity contribution is 7.85. The van der Waals surface area contributed by atoms with Crippen LogP contribution >= 0.6 is 0 Å². The van der Waals surface area contributed by atoms with Crippen LogP contribution in [0.2, 0.25) is 0 Å². The molecule has 0 aromatic rings. The summed E-state index contributed by atoms with van der Waals surface area (Å²) in [6, 6.07) is 0. The van der Waals surface area contributed by atoms with Gasteiger partial charge in [-0.25, -0.2) is 0 Å². The van der Waals surface area contributed by atoms with Crippen LogP contribution in [0.3, 0.4) is 0 Å². The highest BCUT2D eigenvalue weighted by Crippen LogP contribution is 2.24. The van der Waals surface area contributed by atoms with Gasteiger partial charge in [0, 0.05) is 12.8 Å². The molecule has 1 rings (SSSR count). The number of aliphatic hydroxyl groups excluding tert-OH is 3. The molecule has 1 aliphatic rings. The molecule has 1 aliphatic heterocycles. The average Bonchev–Trinajstić information content (AvgIpc) is 3.14. The van der Waals surface area contributed by atoms with E-state index in [2.05, 4.69) is 62.5 Å².